The first-order chi connectivity index (χ1) is 17.9. The van der Waals surface area contributed by atoms with Crippen molar-refractivity contribution in [2.75, 3.05) is 9.80 Å². The summed E-state index contributed by atoms with van der Waals surface area (Å²) < 4.78 is 0. The van der Waals surface area contributed by atoms with Crippen molar-refractivity contribution in [2.24, 2.45) is 0 Å². The normalized spacial score (nSPS) is 10.8. The maximum atomic E-state index is 7.12. The van der Waals surface area contributed by atoms with E-state index in [1.165, 1.54) is 22.3 Å². The minimum atomic E-state index is 0.686. The monoisotopic (exact) mass is 502 g/mol. The zero-order valence-electron chi connectivity index (χ0n) is 21.7. The summed E-state index contributed by atoms with van der Waals surface area (Å²) in [4.78, 5) is 4.50. The molecule has 5 rings (SSSR count). The van der Waals surface area contributed by atoms with E-state index in [4.69, 9.17) is 11.6 Å². The van der Waals surface area contributed by atoms with Crippen molar-refractivity contribution in [3.8, 4) is 0 Å². The lowest BCUT2D eigenvalue weighted by atomic mass is 10.1. The SMILES string of the molecule is Cc1cccc(N(c2cccc(C)c2)c2ccc(N(c3cccc(C)c3)c3cccc(C)c3)c(Cl)c2)c1. The van der Waals surface area contributed by atoms with E-state index in [9.17, 15) is 0 Å². The lowest BCUT2D eigenvalue weighted by molar-refractivity contribution is 1.24. The van der Waals surface area contributed by atoms with Crippen LogP contribution in [0.3, 0.4) is 0 Å². The molecule has 0 N–H and O–H groups in total. The molecule has 0 saturated heterocycles. The second kappa shape index (κ2) is 10.5. The van der Waals surface area contributed by atoms with Crippen molar-refractivity contribution in [3.05, 3.63) is 143 Å². The third-order valence-corrected chi connectivity index (χ3v) is 6.77. The Morgan fingerprint density at radius 1 is 0.405 bits per heavy atom. The lowest BCUT2D eigenvalue weighted by Crippen LogP contribution is -2.13. The summed E-state index contributed by atoms with van der Waals surface area (Å²) in [5.74, 6) is 0. The first kappa shape index (κ1) is 24.7. The van der Waals surface area contributed by atoms with Crippen LogP contribution in [0.1, 0.15) is 22.3 Å². The fourth-order valence-corrected chi connectivity index (χ4v) is 5.02. The second-order valence-electron chi connectivity index (χ2n) is 9.66. The van der Waals surface area contributed by atoms with E-state index in [2.05, 4.69) is 153 Å². The molecule has 0 aliphatic rings. The number of aryl methyl sites for hydroxylation is 4. The third kappa shape index (κ3) is 5.40. The lowest BCUT2D eigenvalue weighted by Gasteiger charge is -2.30. The molecular formula is C34H31ClN2. The van der Waals surface area contributed by atoms with E-state index < -0.39 is 0 Å². The predicted molar refractivity (Wildman–Crippen MR) is 160 cm³/mol. The number of hydrogen-bond acceptors (Lipinski definition) is 2. The number of benzene rings is 5. The molecule has 0 fully saturated rings. The highest BCUT2D eigenvalue weighted by Gasteiger charge is 2.19. The van der Waals surface area contributed by atoms with Crippen LogP contribution in [-0.4, -0.2) is 0 Å². The zero-order chi connectivity index (χ0) is 25.9. The van der Waals surface area contributed by atoms with Gasteiger partial charge in [0.25, 0.3) is 0 Å². The Hall–Kier alpha value is -4.01. The molecule has 0 radical (unpaired) electrons. The molecular weight excluding hydrogens is 472 g/mol. The first-order valence-electron chi connectivity index (χ1n) is 12.6. The van der Waals surface area contributed by atoms with Gasteiger partial charge >= 0.3 is 0 Å². The highest BCUT2D eigenvalue weighted by Crippen LogP contribution is 2.43. The van der Waals surface area contributed by atoms with Crippen molar-refractivity contribution in [1.29, 1.82) is 0 Å². The van der Waals surface area contributed by atoms with Gasteiger partial charge in [-0.3, -0.25) is 0 Å². The van der Waals surface area contributed by atoms with E-state index in [0.29, 0.717) is 5.02 Å². The highest BCUT2D eigenvalue weighted by atomic mass is 35.5. The van der Waals surface area contributed by atoms with E-state index >= 15 is 0 Å². The van der Waals surface area contributed by atoms with Crippen LogP contribution < -0.4 is 9.80 Å². The van der Waals surface area contributed by atoms with Gasteiger partial charge in [0, 0.05) is 28.4 Å². The summed E-state index contributed by atoms with van der Waals surface area (Å²) >= 11 is 7.12. The summed E-state index contributed by atoms with van der Waals surface area (Å²) in [5, 5.41) is 0.686. The quantitative estimate of drug-likeness (QED) is 0.228. The van der Waals surface area contributed by atoms with Crippen molar-refractivity contribution < 1.29 is 0 Å². The van der Waals surface area contributed by atoms with Crippen molar-refractivity contribution in [2.45, 2.75) is 27.7 Å². The molecule has 0 aliphatic carbocycles. The molecule has 5 aromatic carbocycles. The molecule has 184 valence electrons. The Morgan fingerprint density at radius 2 is 0.757 bits per heavy atom. The number of halogens is 1. The zero-order valence-corrected chi connectivity index (χ0v) is 22.5. The summed E-state index contributed by atoms with van der Waals surface area (Å²) in [6.45, 7) is 8.47. The second-order valence-corrected chi connectivity index (χ2v) is 10.1. The van der Waals surface area contributed by atoms with Gasteiger partial charge in [0.05, 0.1) is 10.7 Å². The van der Waals surface area contributed by atoms with E-state index in [0.717, 1.165) is 34.1 Å². The van der Waals surface area contributed by atoms with Crippen molar-refractivity contribution in [3.63, 3.8) is 0 Å². The van der Waals surface area contributed by atoms with Crippen LogP contribution in [-0.2, 0) is 0 Å². The molecule has 0 spiro atoms. The molecule has 0 amide bonds. The summed E-state index contributed by atoms with van der Waals surface area (Å²) in [7, 11) is 0. The van der Waals surface area contributed by atoms with Gasteiger partial charge in [-0.2, -0.15) is 0 Å². The summed E-state index contributed by atoms with van der Waals surface area (Å²) in [6.07, 6.45) is 0. The Labute approximate surface area is 225 Å². The molecule has 0 unspecified atom stereocenters. The summed E-state index contributed by atoms with van der Waals surface area (Å²) in [6, 6.07) is 40.5. The summed E-state index contributed by atoms with van der Waals surface area (Å²) in [5.41, 5.74) is 11.1. The Bertz CT molecular complexity index is 1460. The van der Waals surface area contributed by atoms with Crippen LogP contribution in [0.2, 0.25) is 5.02 Å². The smallest absolute Gasteiger partial charge is 0.0667 e. The van der Waals surface area contributed by atoms with Gasteiger partial charge < -0.3 is 9.80 Å². The molecule has 5 aromatic rings. The number of anilines is 6. The number of hydrogen-bond donors (Lipinski definition) is 0. The van der Waals surface area contributed by atoms with E-state index in [-0.39, 0.29) is 0 Å². The molecule has 2 nitrogen and oxygen atoms in total. The highest BCUT2D eigenvalue weighted by molar-refractivity contribution is 6.34. The minimum absolute atomic E-state index is 0.686. The molecule has 0 atom stereocenters. The molecule has 0 aliphatic heterocycles. The van der Waals surface area contributed by atoms with Crippen LogP contribution in [0.15, 0.2) is 115 Å². The van der Waals surface area contributed by atoms with E-state index in [1.54, 1.807) is 0 Å². The van der Waals surface area contributed by atoms with Gasteiger partial charge in [-0.05, 0) is 117 Å². The molecule has 0 heterocycles. The van der Waals surface area contributed by atoms with Crippen molar-refractivity contribution in [1.82, 2.24) is 0 Å². The van der Waals surface area contributed by atoms with Gasteiger partial charge in [0.15, 0.2) is 0 Å². The maximum Gasteiger partial charge on any atom is 0.0667 e. The largest absolute Gasteiger partial charge is 0.310 e. The average molecular weight is 503 g/mol. The van der Waals surface area contributed by atoms with Gasteiger partial charge in [0.1, 0.15) is 0 Å². The minimum Gasteiger partial charge on any atom is -0.310 e. The van der Waals surface area contributed by atoms with Crippen LogP contribution in [0.5, 0.6) is 0 Å². The predicted octanol–water partition coefficient (Wildman–Crippen LogP) is 10.5. The van der Waals surface area contributed by atoms with Crippen LogP contribution >= 0.6 is 11.6 Å². The number of rotatable bonds is 6. The fraction of sp³-hybridized carbons (Fsp3) is 0.118. The molecule has 3 heteroatoms. The van der Waals surface area contributed by atoms with Crippen molar-refractivity contribution >= 4 is 45.7 Å². The van der Waals surface area contributed by atoms with E-state index in [1.807, 2.05) is 0 Å². The van der Waals surface area contributed by atoms with Gasteiger partial charge in [-0.1, -0.05) is 60.1 Å². The van der Waals surface area contributed by atoms with Crippen LogP contribution in [0.4, 0.5) is 34.1 Å². The third-order valence-electron chi connectivity index (χ3n) is 6.47. The molecule has 0 saturated carbocycles. The molecule has 0 bridgehead atoms. The first-order valence-corrected chi connectivity index (χ1v) is 12.9. The maximum absolute atomic E-state index is 7.12. The topological polar surface area (TPSA) is 6.48 Å². The van der Waals surface area contributed by atoms with Gasteiger partial charge in [-0.25, -0.2) is 0 Å². The van der Waals surface area contributed by atoms with Gasteiger partial charge in [-0.15, -0.1) is 0 Å². The Balaban J connectivity index is 1.66. The number of nitrogens with zero attached hydrogens (tertiary/aromatic N) is 2. The average Bonchev–Trinajstić information content (AvgIpc) is 2.86. The molecule has 37 heavy (non-hydrogen) atoms. The Kier molecular flexibility index (Phi) is 7.03. The van der Waals surface area contributed by atoms with Crippen LogP contribution in [0.25, 0.3) is 0 Å². The van der Waals surface area contributed by atoms with Crippen LogP contribution in [0, 0.1) is 27.7 Å². The molecule has 0 aromatic heterocycles. The Morgan fingerprint density at radius 3 is 1.11 bits per heavy atom. The standard InChI is InChI=1S/C34H31ClN2/c1-24-9-5-13-28(19-24)36(29-14-6-10-25(2)20-29)32-17-18-34(33(35)23-32)37(30-15-7-11-26(3)21-30)31-16-8-12-27(4)22-31/h5-23H,1-4H3. The van der Waals surface area contributed by atoms with Gasteiger partial charge in [0.2, 0.25) is 0 Å². The fourth-order valence-electron chi connectivity index (χ4n) is 4.76.